The Bertz CT molecular complexity index is 1500. The maximum Gasteiger partial charge on any atom is 0.359 e. The van der Waals surface area contributed by atoms with E-state index >= 15 is 0 Å². The van der Waals surface area contributed by atoms with Crippen LogP contribution in [0.5, 0.6) is 5.75 Å². The van der Waals surface area contributed by atoms with Crippen molar-refractivity contribution in [2.45, 2.75) is 32.7 Å². The molecule has 1 N–H and O–H groups in total. The van der Waals surface area contributed by atoms with E-state index < -0.39 is 18.5 Å². The highest BCUT2D eigenvalue weighted by molar-refractivity contribution is 6.03. The lowest BCUT2D eigenvalue weighted by molar-refractivity contribution is -0.119. The number of esters is 1. The molecule has 0 bridgehead atoms. The minimum atomic E-state index is -0.802. The molecular weight excluding hydrogens is 470 g/mol. The Balaban J connectivity index is 1.55. The zero-order valence-corrected chi connectivity index (χ0v) is 21.3. The summed E-state index contributed by atoms with van der Waals surface area (Å²) >= 11 is 0. The van der Waals surface area contributed by atoms with Crippen LogP contribution in [0, 0.1) is 0 Å². The molecule has 8 heteroatoms. The normalized spacial score (nSPS) is 11.2. The average molecular weight is 500 g/mol. The van der Waals surface area contributed by atoms with E-state index in [0.29, 0.717) is 22.2 Å². The first kappa shape index (κ1) is 25.6. The van der Waals surface area contributed by atoms with Gasteiger partial charge < -0.3 is 14.8 Å². The van der Waals surface area contributed by atoms with Crippen LogP contribution >= 0.6 is 0 Å². The third kappa shape index (κ3) is 5.86. The molecule has 0 saturated heterocycles. The van der Waals surface area contributed by atoms with Crippen LogP contribution in [0.1, 0.15) is 42.4 Å². The van der Waals surface area contributed by atoms with Gasteiger partial charge in [0.25, 0.3) is 11.5 Å². The number of rotatable bonds is 7. The lowest BCUT2D eigenvalue weighted by Gasteiger charge is -2.21. The van der Waals surface area contributed by atoms with Crippen molar-refractivity contribution in [1.82, 2.24) is 9.78 Å². The summed E-state index contributed by atoms with van der Waals surface area (Å²) in [5.74, 6) is -0.837. The highest BCUT2D eigenvalue weighted by Crippen LogP contribution is 2.31. The summed E-state index contributed by atoms with van der Waals surface area (Å²) in [6.45, 7) is 5.86. The van der Waals surface area contributed by atoms with Gasteiger partial charge in [0.05, 0.1) is 24.7 Å². The molecule has 4 aromatic rings. The lowest BCUT2D eigenvalue weighted by atomic mass is 9.87. The number of carbonyl (C=O) groups excluding carboxylic acids is 2. The number of amides is 1. The van der Waals surface area contributed by atoms with Gasteiger partial charge in [-0.15, -0.1) is 0 Å². The fourth-order valence-electron chi connectivity index (χ4n) is 3.91. The van der Waals surface area contributed by atoms with Crippen LogP contribution in [0.2, 0.25) is 0 Å². The predicted molar refractivity (Wildman–Crippen MR) is 142 cm³/mol. The topological polar surface area (TPSA) is 99.5 Å². The first-order chi connectivity index (χ1) is 17.7. The van der Waals surface area contributed by atoms with Gasteiger partial charge >= 0.3 is 5.97 Å². The molecule has 0 unspecified atom stereocenters. The lowest BCUT2D eigenvalue weighted by Crippen LogP contribution is -2.28. The molecule has 0 aliphatic heterocycles. The maximum absolute atomic E-state index is 13.0. The summed E-state index contributed by atoms with van der Waals surface area (Å²) in [7, 11) is 1.52. The molecule has 0 fully saturated rings. The fourth-order valence-corrected chi connectivity index (χ4v) is 3.91. The van der Waals surface area contributed by atoms with Gasteiger partial charge in [0.2, 0.25) is 0 Å². The first-order valence-electron chi connectivity index (χ1n) is 11.9. The van der Waals surface area contributed by atoms with E-state index in [-0.39, 0.29) is 23.2 Å². The average Bonchev–Trinajstić information content (AvgIpc) is 2.89. The number of aromatic nitrogens is 2. The van der Waals surface area contributed by atoms with Crippen molar-refractivity contribution in [2.75, 3.05) is 19.0 Å². The van der Waals surface area contributed by atoms with Gasteiger partial charge in [-0.05, 0) is 34.7 Å². The van der Waals surface area contributed by atoms with E-state index in [4.69, 9.17) is 9.47 Å². The number of hydrogen-bond acceptors (Lipinski definition) is 6. The molecule has 0 aliphatic carbocycles. The molecule has 1 aromatic heterocycles. The van der Waals surface area contributed by atoms with Crippen molar-refractivity contribution in [3.63, 3.8) is 0 Å². The number of nitrogens with one attached hydrogen (secondary N) is 1. The van der Waals surface area contributed by atoms with Gasteiger partial charge in [0.1, 0.15) is 5.75 Å². The molecule has 37 heavy (non-hydrogen) atoms. The van der Waals surface area contributed by atoms with Gasteiger partial charge in [-0.1, -0.05) is 75.4 Å². The Labute approximate surface area is 214 Å². The van der Waals surface area contributed by atoms with E-state index in [9.17, 15) is 14.4 Å². The van der Waals surface area contributed by atoms with Crippen LogP contribution in [0.3, 0.4) is 0 Å². The minimum absolute atomic E-state index is 0.0359. The number of benzene rings is 3. The Morgan fingerprint density at radius 1 is 0.946 bits per heavy atom. The Morgan fingerprint density at radius 2 is 1.62 bits per heavy atom. The van der Waals surface area contributed by atoms with E-state index in [0.717, 1.165) is 11.1 Å². The number of fused-ring (bicyclic) bond motifs is 1. The second-order valence-electron chi connectivity index (χ2n) is 9.63. The molecule has 8 nitrogen and oxygen atoms in total. The van der Waals surface area contributed by atoms with Crippen molar-refractivity contribution >= 4 is 28.3 Å². The number of anilines is 1. The summed E-state index contributed by atoms with van der Waals surface area (Å²) in [6, 6.07) is 21.6. The molecule has 1 amide bonds. The smallest absolute Gasteiger partial charge is 0.359 e. The molecule has 3 aromatic carbocycles. The number of ether oxygens (including phenoxy) is 2. The SMILES string of the molecule is COc1ccc(C(C)(C)C)cc1NC(=O)COC(=O)c1nn(Cc2ccccc2)c(=O)c2ccccc12. The van der Waals surface area contributed by atoms with Crippen molar-refractivity contribution in [3.05, 3.63) is 100.0 Å². The van der Waals surface area contributed by atoms with Crippen LogP contribution in [-0.2, 0) is 21.5 Å². The number of nitrogens with zero attached hydrogens (tertiary/aromatic N) is 2. The summed E-state index contributed by atoms with van der Waals surface area (Å²) in [6.07, 6.45) is 0. The summed E-state index contributed by atoms with van der Waals surface area (Å²) in [5.41, 5.74) is 1.87. The molecule has 4 rings (SSSR count). The highest BCUT2D eigenvalue weighted by atomic mass is 16.5. The van der Waals surface area contributed by atoms with Crippen molar-refractivity contribution < 1.29 is 19.1 Å². The zero-order valence-electron chi connectivity index (χ0n) is 21.3. The van der Waals surface area contributed by atoms with Gasteiger partial charge in [-0.2, -0.15) is 5.10 Å². The molecule has 0 radical (unpaired) electrons. The third-order valence-corrected chi connectivity index (χ3v) is 5.91. The monoisotopic (exact) mass is 499 g/mol. The van der Waals surface area contributed by atoms with Crippen LogP contribution in [-0.4, -0.2) is 35.4 Å². The van der Waals surface area contributed by atoms with Crippen molar-refractivity contribution in [2.24, 2.45) is 0 Å². The largest absolute Gasteiger partial charge is 0.495 e. The molecule has 0 atom stereocenters. The van der Waals surface area contributed by atoms with Gasteiger partial charge in [-0.25, -0.2) is 9.48 Å². The fraction of sp³-hybridized carbons (Fsp3) is 0.241. The van der Waals surface area contributed by atoms with Crippen LogP contribution in [0.4, 0.5) is 5.69 Å². The van der Waals surface area contributed by atoms with E-state index in [1.54, 1.807) is 30.3 Å². The van der Waals surface area contributed by atoms with Gasteiger partial charge in [-0.3, -0.25) is 9.59 Å². The van der Waals surface area contributed by atoms with E-state index in [2.05, 4.69) is 31.2 Å². The molecule has 0 saturated carbocycles. The van der Waals surface area contributed by atoms with Crippen LogP contribution in [0.25, 0.3) is 10.8 Å². The summed E-state index contributed by atoms with van der Waals surface area (Å²) in [5, 5.41) is 7.76. The second-order valence-corrected chi connectivity index (χ2v) is 9.63. The molecule has 190 valence electrons. The van der Waals surface area contributed by atoms with E-state index in [1.807, 2.05) is 42.5 Å². The van der Waals surface area contributed by atoms with Gasteiger partial charge in [0.15, 0.2) is 12.3 Å². The van der Waals surface area contributed by atoms with Crippen LogP contribution in [0.15, 0.2) is 77.6 Å². The quantitative estimate of drug-likeness (QED) is 0.375. The van der Waals surface area contributed by atoms with Crippen molar-refractivity contribution in [3.8, 4) is 5.75 Å². The van der Waals surface area contributed by atoms with Crippen molar-refractivity contribution in [1.29, 1.82) is 0 Å². The highest BCUT2D eigenvalue weighted by Gasteiger charge is 2.21. The molecule has 0 aliphatic rings. The van der Waals surface area contributed by atoms with Gasteiger partial charge in [0, 0.05) is 5.39 Å². The Hall–Kier alpha value is -4.46. The predicted octanol–water partition coefficient (Wildman–Crippen LogP) is 4.55. The molecular formula is C29H29N3O5. The van der Waals surface area contributed by atoms with Crippen LogP contribution < -0.4 is 15.6 Å². The Kier molecular flexibility index (Phi) is 7.38. The minimum Gasteiger partial charge on any atom is -0.495 e. The number of hydrogen-bond donors (Lipinski definition) is 1. The summed E-state index contributed by atoms with van der Waals surface area (Å²) < 4.78 is 11.9. The number of carbonyl (C=O) groups is 2. The second kappa shape index (κ2) is 10.7. The maximum atomic E-state index is 13.0. The standard InChI is InChI=1S/C29H29N3O5/c1-29(2,3)20-14-15-24(36-4)23(16-20)30-25(33)18-37-28(35)26-21-12-8-9-13-22(21)27(34)32(31-26)17-19-10-6-5-7-11-19/h5-16H,17-18H2,1-4H3,(H,30,33). The molecule has 1 heterocycles. The van der Waals surface area contributed by atoms with E-state index in [1.165, 1.54) is 11.8 Å². The summed E-state index contributed by atoms with van der Waals surface area (Å²) in [4.78, 5) is 38.7. The third-order valence-electron chi connectivity index (χ3n) is 5.91. The number of methoxy groups -OCH3 is 1. The zero-order chi connectivity index (χ0) is 26.6. The first-order valence-corrected chi connectivity index (χ1v) is 11.9. The Morgan fingerprint density at radius 3 is 2.30 bits per heavy atom. The molecule has 0 spiro atoms.